The number of carboxylic acids is 1. The van der Waals surface area contributed by atoms with Gasteiger partial charge in [0.25, 0.3) is 0 Å². The van der Waals surface area contributed by atoms with Gasteiger partial charge in [0.1, 0.15) is 6.61 Å². The molecule has 0 aromatic rings. The monoisotopic (exact) mass is 299 g/mol. The van der Waals surface area contributed by atoms with Crippen molar-refractivity contribution in [1.29, 1.82) is 0 Å². The predicted molar refractivity (Wildman–Crippen MR) is 72.7 cm³/mol. The van der Waals surface area contributed by atoms with Crippen LogP contribution < -0.4 is 10.6 Å². The number of carbonyl (C=O) groups excluding carboxylic acids is 2. The average molecular weight is 299 g/mol. The number of amides is 3. The van der Waals surface area contributed by atoms with E-state index in [2.05, 4.69) is 10.6 Å². The van der Waals surface area contributed by atoms with Gasteiger partial charge in [-0.1, -0.05) is 0 Å². The lowest BCUT2D eigenvalue weighted by Gasteiger charge is -2.31. The molecule has 0 aromatic heterocycles. The van der Waals surface area contributed by atoms with E-state index in [9.17, 15) is 14.4 Å². The molecule has 0 unspecified atom stereocenters. The fraction of sp³-hybridized carbons (Fsp3) is 0.769. The smallest absolute Gasteiger partial charge is 0.329 e. The first-order valence-electron chi connectivity index (χ1n) is 7.20. The van der Waals surface area contributed by atoms with Gasteiger partial charge in [-0.25, -0.2) is 9.59 Å². The van der Waals surface area contributed by atoms with E-state index in [0.717, 1.165) is 12.8 Å². The van der Waals surface area contributed by atoms with Crippen molar-refractivity contribution in [3.63, 3.8) is 0 Å². The summed E-state index contributed by atoms with van der Waals surface area (Å²) in [4.78, 5) is 35.4. The van der Waals surface area contributed by atoms with Gasteiger partial charge >= 0.3 is 12.0 Å². The summed E-state index contributed by atoms with van der Waals surface area (Å²) < 4.78 is 5.20. The summed E-state index contributed by atoms with van der Waals surface area (Å²) in [5.74, 6) is -1.15. The normalized spacial score (nSPS) is 19.1. The van der Waals surface area contributed by atoms with Crippen molar-refractivity contribution >= 4 is 17.9 Å². The van der Waals surface area contributed by atoms with Crippen LogP contribution in [0.15, 0.2) is 0 Å². The summed E-state index contributed by atoms with van der Waals surface area (Å²) in [5, 5.41) is 13.9. The van der Waals surface area contributed by atoms with Gasteiger partial charge in [0, 0.05) is 19.1 Å². The molecule has 2 aliphatic rings. The molecule has 0 bridgehead atoms. The molecule has 3 N–H and O–H groups in total. The van der Waals surface area contributed by atoms with Crippen LogP contribution in [0.3, 0.4) is 0 Å². The Morgan fingerprint density at radius 3 is 2.38 bits per heavy atom. The van der Waals surface area contributed by atoms with Gasteiger partial charge in [0.2, 0.25) is 5.91 Å². The van der Waals surface area contributed by atoms with Gasteiger partial charge in [-0.2, -0.15) is 0 Å². The van der Waals surface area contributed by atoms with Gasteiger partial charge in [-0.3, -0.25) is 4.79 Å². The van der Waals surface area contributed by atoms with Gasteiger partial charge < -0.3 is 25.4 Å². The molecule has 1 heterocycles. The minimum atomic E-state index is -0.989. The van der Waals surface area contributed by atoms with Crippen molar-refractivity contribution < 1.29 is 24.2 Å². The van der Waals surface area contributed by atoms with E-state index in [-0.39, 0.29) is 37.2 Å². The van der Waals surface area contributed by atoms with Crippen molar-refractivity contribution in [3.05, 3.63) is 0 Å². The van der Waals surface area contributed by atoms with Crippen LogP contribution >= 0.6 is 0 Å². The van der Waals surface area contributed by atoms with Crippen LogP contribution in [0.5, 0.6) is 0 Å². The van der Waals surface area contributed by atoms with Gasteiger partial charge in [0.15, 0.2) is 0 Å². The summed E-state index contributed by atoms with van der Waals surface area (Å²) in [6, 6.07) is 0.0224. The van der Waals surface area contributed by atoms with Crippen molar-refractivity contribution in [1.82, 2.24) is 15.5 Å². The number of carbonyl (C=O) groups is 3. The minimum Gasteiger partial charge on any atom is -0.480 e. The number of nitrogens with zero attached hydrogens (tertiary/aromatic N) is 1. The van der Waals surface area contributed by atoms with E-state index in [1.54, 1.807) is 4.90 Å². The number of aliphatic carboxylic acids is 1. The van der Waals surface area contributed by atoms with Crippen molar-refractivity contribution in [3.8, 4) is 0 Å². The van der Waals surface area contributed by atoms with Crippen LogP contribution in [-0.4, -0.2) is 66.3 Å². The Balaban J connectivity index is 1.60. The SMILES string of the molecule is O=C(O)COC1CCN(C(=O)NCC(=O)NC2CC2)CC1. The molecule has 0 spiro atoms. The second kappa shape index (κ2) is 7.26. The number of piperidine rings is 1. The molecule has 1 saturated heterocycles. The maximum absolute atomic E-state index is 11.9. The highest BCUT2D eigenvalue weighted by Gasteiger charge is 2.25. The number of rotatable bonds is 6. The number of hydrogen-bond acceptors (Lipinski definition) is 4. The largest absolute Gasteiger partial charge is 0.480 e. The number of ether oxygens (including phenoxy) is 1. The lowest BCUT2D eigenvalue weighted by Crippen LogP contribution is -2.48. The number of carboxylic acid groups (broad SMARTS) is 1. The fourth-order valence-electron chi connectivity index (χ4n) is 2.19. The van der Waals surface area contributed by atoms with Crippen molar-refractivity contribution in [2.75, 3.05) is 26.2 Å². The first-order valence-corrected chi connectivity index (χ1v) is 7.20. The Kier molecular flexibility index (Phi) is 5.38. The van der Waals surface area contributed by atoms with E-state index in [0.29, 0.717) is 25.9 Å². The third kappa shape index (κ3) is 5.58. The molecule has 0 radical (unpaired) electrons. The van der Waals surface area contributed by atoms with Crippen molar-refractivity contribution in [2.24, 2.45) is 0 Å². The number of hydrogen-bond donors (Lipinski definition) is 3. The molecule has 8 heteroatoms. The summed E-state index contributed by atoms with van der Waals surface area (Å²) in [7, 11) is 0. The Bertz CT molecular complexity index is 403. The molecule has 21 heavy (non-hydrogen) atoms. The van der Waals surface area contributed by atoms with E-state index >= 15 is 0 Å². The Morgan fingerprint density at radius 1 is 1.14 bits per heavy atom. The summed E-state index contributed by atoms with van der Waals surface area (Å²) in [6.07, 6.45) is 3.13. The zero-order valence-electron chi connectivity index (χ0n) is 11.8. The number of nitrogens with one attached hydrogen (secondary N) is 2. The van der Waals surface area contributed by atoms with E-state index in [1.807, 2.05) is 0 Å². The first-order chi connectivity index (χ1) is 10.0. The summed E-state index contributed by atoms with van der Waals surface area (Å²) in [6.45, 7) is 0.684. The fourth-order valence-corrected chi connectivity index (χ4v) is 2.19. The van der Waals surface area contributed by atoms with Crippen LogP contribution in [-0.2, 0) is 14.3 Å². The highest BCUT2D eigenvalue weighted by atomic mass is 16.5. The van der Waals surface area contributed by atoms with Crippen molar-refractivity contribution in [2.45, 2.75) is 37.8 Å². The Hall–Kier alpha value is -1.83. The molecule has 1 aliphatic carbocycles. The van der Waals surface area contributed by atoms with Crippen LogP contribution in [0.1, 0.15) is 25.7 Å². The molecular formula is C13H21N3O5. The maximum Gasteiger partial charge on any atom is 0.329 e. The predicted octanol–water partition coefficient (Wildman–Crippen LogP) is -0.460. The van der Waals surface area contributed by atoms with Gasteiger partial charge in [-0.05, 0) is 25.7 Å². The molecule has 118 valence electrons. The number of urea groups is 1. The molecule has 1 saturated carbocycles. The van der Waals surface area contributed by atoms with Crippen LogP contribution in [0.4, 0.5) is 4.79 Å². The highest BCUT2D eigenvalue weighted by Crippen LogP contribution is 2.18. The molecule has 0 atom stereocenters. The van der Waals surface area contributed by atoms with E-state index < -0.39 is 5.97 Å². The van der Waals surface area contributed by atoms with Gasteiger partial charge in [-0.15, -0.1) is 0 Å². The highest BCUT2D eigenvalue weighted by molar-refractivity contribution is 5.84. The molecule has 2 rings (SSSR count). The third-order valence-corrected chi connectivity index (χ3v) is 3.51. The molecule has 3 amide bonds. The number of likely N-dealkylation sites (tertiary alicyclic amines) is 1. The zero-order valence-corrected chi connectivity index (χ0v) is 11.8. The maximum atomic E-state index is 11.9. The molecule has 1 aliphatic heterocycles. The third-order valence-electron chi connectivity index (χ3n) is 3.51. The first kappa shape index (κ1) is 15.6. The molecule has 8 nitrogen and oxygen atoms in total. The standard InChI is InChI=1S/C13H21N3O5/c17-11(15-9-1-2-9)7-14-13(20)16-5-3-10(4-6-16)21-8-12(18)19/h9-10H,1-8H2,(H,14,20)(H,15,17)(H,18,19). The summed E-state index contributed by atoms with van der Waals surface area (Å²) in [5.41, 5.74) is 0. The van der Waals surface area contributed by atoms with Crippen LogP contribution in [0, 0.1) is 0 Å². The Labute approximate surface area is 122 Å². The lowest BCUT2D eigenvalue weighted by atomic mass is 10.1. The average Bonchev–Trinajstić information content (AvgIpc) is 3.27. The quantitative estimate of drug-likeness (QED) is 0.615. The van der Waals surface area contributed by atoms with Crippen LogP contribution in [0.25, 0.3) is 0 Å². The van der Waals surface area contributed by atoms with Gasteiger partial charge in [0.05, 0.1) is 12.6 Å². The Morgan fingerprint density at radius 2 is 1.81 bits per heavy atom. The van der Waals surface area contributed by atoms with E-state index in [1.165, 1.54) is 0 Å². The minimum absolute atomic E-state index is 0.00915. The molecule has 0 aromatic carbocycles. The zero-order chi connectivity index (χ0) is 15.2. The topological polar surface area (TPSA) is 108 Å². The van der Waals surface area contributed by atoms with Crippen LogP contribution in [0.2, 0.25) is 0 Å². The molecule has 2 fully saturated rings. The second-order valence-corrected chi connectivity index (χ2v) is 5.39. The van der Waals surface area contributed by atoms with E-state index in [4.69, 9.17) is 9.84 Å². The lowest BCUT2D eigenvalue weighted by molar-refractivity contribution is -0.145. The summed E-state index contributed by atoms with van der Waals surface area (Å²) >= 11 is 0. The second-order valence-electron chi connectivity index (χ2n) is 5.39. The molecular weight excluding hydrogens is 278 g/mol.